The molecule has 0 spiro atoms. The first-order valence-electron chi connectivity index (χ1n) is 5.64. The van der Waals surface area contributed by atoms with Gasteiger partial charge in [-0.15, -0.1) is 0 Å². The van der Waals surface area contributed by atoms with Gasteiger partial charge in [-0.25, -0.2) is 0 Å². The Kier molecular flexibility index (Phi) is 8.57. The molecule has 0 bridgehead atoms. The molecule has 0 aliphatic rings. The van der Waals surface area contributed by atoms with E-state index in [4.69, 9.17) is 4.74 Å². The van der Waals surface area contributed by atoms with E-state index >= 15 is 0 Å². The molecule has 0 unspecified atom stereocenters. The average molecular weight is 311 g/mol. The summed E-state index contributed by atoms with van der Waals surface area (Å²) in [6.07, 6.45) is 1.07. The molecule has 0 heterocycles. The fourth-order valence-corrected chi connectivity index (χ4v) is 1.62. The van der Waals surface area contributed by atoms with Gasteiger partial charge in [-0.05, 0) is 29.7 Å². The SMILES string of the molecule is CCc1cccc(COc2ccccc2)c1.[Cl-].[Cu+]. The van der Waals surface area contributed by atoms with Gasteiger partial charge in [-0.1, -0.05) is 49.4 Å². The molecule has 100 valence electrons. The maximum atomic E-state index is 5.69. The van der Waals surface area contributed by atoms with Crippen LogP contribution in [0.2, 0.25) is 0 Å². The number of hydrogen-bond donors (Lipinski definition) is 0. The summed E-state index contributed by atoms with van der Waals surface area (Å²) >= 11 is 0. The summed E-state index contributed by atoms with van der Waals surface area (Å²) in [7, 11) is 0. The summed E-state index contributed by atoms with van der Waals surface area (Å²) < 4.78 is 5.69. The molecule has 0 atom stereocenters. The Labute approximate surface area is 125 Å². The van der Waals surface area contributed by atoms with E-state index in [2.05, 4.69) is 31.2 Å². The van der Waals surface area contributed by atoms with Crippen LogP contribution in [0.5, 0.6) is 5.75 Å². The number of halogens is 1. The van der Waals surface area contributed by atoms with Gasteiger partial charge in [0, 0.05) is 0 Å². The van der Waals surface area contributed by atoms with Crippen molar-refractivity contribution in [3.8, 4) is 5.75 Å². The van der Waals surface area contributed by atoms with E-state index in [1.807, 2.05) is 30.3 Å². The standard InChI is InChI=1S/C15H16O.ClH.Cu/c1-2-13-7-6-8-14(11-13)12-16-15-9-4-3-5-10-15;;/h3-11H,2,12H2,1H3;1H;/q;;+1/p-1. The normalized spacial score (nSPS) is 8.94. The van der Waals surface area contributed by atoms with E-state index < -0.39 is 0 Å². The van der Waals surface area contributed by atoms with Crippen LogP contribution in [0.1, 0.15) is 18.1 Å². The van der Waals surface area contributed by atoms with Crippen molar-refractivity contribution < 1.29 is 34.2 Å². The molecule has 0 saturated carbocycles. The second-order valence-electron chi connectivity index (χ2n) is 3.78. The van der Waals surface area contributed by atoms with Crippen molar-refractivity contribution in [2.75, 3.05) is 0 Å². The Morgan fingerprint density at radius 2 is 1.56 bits per heavy atom. The van der Waals surface area contributed by atoms with Crippen LogP contribution in [0.3, 0.4) is 0 Å². The van der Waals surface area contributed by atoms with Gasteiger partial charge in [0.1, 0.15) is 12.4 Å². The minimum atomic E-state index is 0. The molecule has 0 saturated heterocycles. The van der Waals surface area contributed by atoms with E-state index in [0.717, 1.165) is 12.2 Å². The van der Waals surface area contributed by atoms with Crippen molar-refractivity contribution in [1.82, 2.24) is 0 Å². The zero-order chi connectivity index (χ0) is 11.2. The van der Waals surface area contributed by atoms with Crippen LogP contribution in [0, 0.1) is 0 Å². The van der Waals surface area contributed by atoms with Crippen LogP contribution >= 0.6 is 0 Å². The maximum Gasteiger partial charge on any atom is 1.00 e. The summed E-state index contributed by atoms with van der Waals surface area (Å²) in [5.74, 6) is 0.921. The van der Waals surface area contributed by atoms with Crippen LogP contribution in [0.25, 0.3) is 0 Å². The molecule has 2 rings (SSSR count). The van der Waals surface area contributed by atoms with Gasteiger partial charge in [0.25, 0.3) is 0 Å². The van der Waals surface area contributed by atoms with Gasteiger partial charge in [-0.2, -0.15) is 0 Å². The van der Waals surface area contributed by atoms with Gasteiger partial charge in [0.15, 0.2) is 0 Å². The van der Waals surface area contributed by atoms with Crippen LogP contribution in [0.15, 0.2) is 54.6 Å². The van der Waals surface area contributed by atoms with Gasteiger partial charge in [0.2, 0.25) is 0 Å². The molecule has 0 N–H and O–H groups in total. The molecule has 3 heteroatoms. The van der Waals surface area contributed by atoms with Crippen molar-refractivity contribution in [3.63, 3.8) is 0 Å². The maximum absolute atomic E-state index is 5.69. The van der Waals surface area contributed by atoms with Crippen molar-refractivity contribution in [1.29, 1.82) is 0 Å². The molecule has 0 aromatic heterocycles. The topological polar surface area (TPSA) is 9.23 Å². The van der Waals surface area contributed by atoms with Crippen molar-refractivity contribution in [2.45, 2.75) is 20.0 Å². The number of aryl methyl sites for hydroxylation is 1. The minimum Gasteiger partial charge on any atom is -1.00 e. The van der Waals surface area contributed by atoms with Crippen LogP contribution < -0.4 is 17.1 Å². The molecule has 18 heavy (non-hydrogen) atoms. The third-order valence-electron chi connectivity index (χ3n) is 2.55. The Hall–Kier alpha value is -0.951. The Bertz CT molecular complexity index is 445. The summed E-state index contributed by atoms with van der Waals surface area (Å²) in [6, 6.07) is 18.4. The van der Waals surface area contributed by atoms with Crippen LogP contribution in [-0.4, -0.2) is 0 Å². The zero-order valence-electron chi connectivity index (χ0n) is 10.2. The van der Waals surface area contributed by atoms with Crippen molar-refractivity contribution in [3.05, 3.63) is 65.7 Å². The van der Waals surface area contributed by atoms with E-state index in [1.54, 1.807) is 0 Å². The average Bonchev–Trinajstić information content (AvgIpc) is 2.38. The monoisotopic (exact) mass is 310 g/mol. The molecular weight excluding hydrogens is 295 g/mol. The fourth-order valence-electron chi connectivity index (χ4n) is 1.62. The van der Waals surface area contributed by atoms with Gasteiger partial charge in [-0.3, -0.25) is 0 Å². The smallest absolute Gasteiger partial charge is 1.00 e. The van der Waals surface area contributed by atoms with E-state index in [-0.39, 0.29) is 29.5 Å². The zero-order valence-corrected chi connectivity index (χ0v) is 11.9. The molecule has 1 nitrogen and oxygen atoms in total. The molecule has 2 aromatic carbocycles. The van der Waals surface area contributed by atoms with Crippen molar-refractivity contribution in [2.24, 2.45) is 0 Å². The minimum absolute atomic E-state index is 0. The number of benzene rings is 2. The second-order valence-corrected chi connectivity index (χ2v) is 3.78. The largest absolute Gasteiger partial charge is 1.00 e. The predicted octanol–water partition coefficient (Wildman–Crippen LogP) is 0.829. The van der Waals surface area contributed by atoms with Gasteiger partial charge < -0.3 is 17.1 Å². The second kappa shape index (κ2) is 9.04. The third-order valence-corrected chi connectivity index (χ3v) is 2.55. The molecule has 0 amide bonds. The molecule has 0 radical (unpaired) electrons. The van der Waals surface area contributed by atoms with Crippen LogP contribution in [0.4, 0.5) is 0 Å². The van der Waals surface area contributed by atoms with E-state index in [9.17, 15) is 0 Å². The molecule has 0 aliphatic heterocycles. The summed E-state index contributed by atoms with van der Waals surface area (Å²) in [5, 5.41) is 0. The first kappa shape index (κ1) is 17.0. The quantitative estimate of drug-likeness (QED) is 0.760. The number of rotatable bonds is 4. The van der Waals surface area contributed by atoms with Crippen molar-refractivity contribution >= 4 is 0 Å². The van der Waals surface area contributed by atoms with Gasteiger partial charge in [0.05, 0.1) is 0 Å². The Morgan fingerprint density at radius 3 is 2.22 bits per heavy atom. The third kappa shape index (κ3) is 5.14. The number of ether oxygens (including phenoxy) is 1. The Balaban J connectivity index is 0.00000144. The first-order valence-corrected chi connectivity index (χ1v) is 5.64. The number of hydrogen-bond acceptors (Lipinski definition) is 1. The molecular formula is C15H16ClCuO. The van der Waals surface area contributed by atoms with Crippen LogP contribution in [-0.2, 0) is 30.1 Å². The fraction of sp³-hybridized carbons (Fsp3) is 0.200. The number of para-hydroxylation sites is 1. The van der Waals surface area contributed by atoms with E-state index in [0.29, 0.717) is 6.61 Å². The summed E-state index contributed by atoms with van der Waals surface area (Å²) in [6.45, 7) is 2.80. The molecule has 0 fully saturated rings. The van der Waals surface area contributed by atoms with Gasteiger partial charge >= 0.3 is 17.1 Å². The summed E-state index contributed by atoms with van der Waals surface area (Å²) in [4.78, 5) is 0. The molecule has 2 aromatic rings. The molecule has 0 aliphatic carbocycles. The first-order chi connectivity index (χ1) is 7.88. The summed E-state index contributed by atoms with van der Waals surface area (Å²) in [5.41, 5.74) is 2.58. The van der Waals surface area contributed by atoms with E-state index in [1.165, 1.54) is 11.1 Å². The Morgan fingerprint density at radius 1 is 0.889 bits per heavy atom. The predicted molar refractivity (Wildman–Crippen MR) is 66.6 cm³/mol.